The first-order valence-corrected chi connectivity index (χ1v) is 6.00. The first-order chi connectivity index (χ1) is 9.80. The second-order valence-corrected chi connectivity index (χ2v) is 4.69. The first-order valence-electron chi connectivity index (χ1n) is 6.00. The Kier molecular flexibility index (Phi) is 2.66. The van der Waals surface area contributed by atoms with E-state index in [9.17, 15) is 22.8 Å². The fourth-order valence-electron chi connectivity index (χ4n) is 2.42. The molecule has 1 aliphatic rings. The van der Waals surface area contributed by atoms with Crippen molar-refractivity contribution < 1.29 is 22.8 Å². The van der Waals surface area contributed by atoms with Gasteiger partial charge in [0.15, 0.2) is 11.6 Å². The Hall–Kier alpha value is -2.63. The molecule has 2 aromatic rings. The number of benzene rings is 2. The van der Waals surface area contributed by atoms with Gasteiger partial charge in [-0.25, -0.2) is 0 Å². The summed E-state index contributed by atoms with van der Waals surface area (Å²) in [7, 11) is 0. The number of nitrogens with two attached hydrogens (primary N) is 1. The predicted octanol–water partition coefficient (Wildman–Crippen LogP) is 3.06. The molecule has 0 aliphatic heterocycles. The highest BCUT2D eigenvalue weighted by atomic mass is 19.4. The SMILES string of the molecule is Nc1cc(C(F)(F)F)cc2c1C(=O)c1ccccc1C2=O. The van der Waals surface area contributed by atoms with Crippen LogP contribution < -0.4 is 5.73 Å². The molecule has 6 heteroatoms. The van der Waals surface area contributed by atoms with Crippen LogP contribution in [0.4, 0.5) is 18.9 Å². The normalized spacial score (nSPS) is 13.9. The van der Waals surface area contributed by atoms with E-state index in [2.05, 4.69) is 0 Å². The van der Waals surface area contributed by atoms with Crippen LogP contribution in [-0.4, -0.2) is 11.6 Å². The van der Waals surface area contributed by atoms with E-state index in [0.29, 0.717) is 12.1 Å². The van der Waals surface area contributed by atoms with Crippen molar-refractivity contribution in [2.45, 2.75) is 6.18 Å². The van der Waals surface area contributed by atoms with Gasteiger partial charge in [-0.2, -0.15) is 13.2 Å². The largest absolute Gasteiger partial charge is 0.416 e. The molecule has 0 spiro atoms. The summed E-state index contributed by atoms with van der Waals surface area (Å²) in [6, 6.07) is 7.35. The highest BCUT2D eigenvalue weighted by Gasteiger charge is 2.37. The lowest BCUT2D eigenvalue weighted by molar-refractivity contribution is -0.137. The molecular weight excluding hydrogens is 283 g/mol. The van der Waals surface area contributed by atoms with Crippen LogP contribution in [0.15, 0.2) is 36.4 Å². The zero-order valence-electron chi connectivity index (χ0n) is 10.5. The minimum atomic E-state index is -4.64. The van der Waals surface area contributed by atoms with Crippen molar-refractivity contribution in [2.75, 3.05) is 5.73 Å². The average molecular weight is 291 g/mol. The van der Waals surface area contributed by atoms with Crippen LogP contribution in [0, 0.1) is 0 Å². The van der Waals surface area contributed by atoms with Crippen LogP contribution >= 0.6 is 0 Å². The van der Waals surface area contributed by atoms with Crippen molar-refractivity contribution in [2.24, 2.45) is 0 Å². The number of nitrogen functional groups attached to an aromatic ring is 1. The maximum Gasteiger partial charge on any atom is 0.416 e. The molecule has 0 amide bonds. The average Bonchev–Trinajstić information content (AvgIpc) is 2.43. The quantitative estimate of drug-likeness (QED) is 0.647. The summed E-state index contributed by atoms with van der Waals surface area (Å²) in [5, 5.41) is 0. The molecule has 3 nitrogen and oxygen atoms in total. The number of hydrogen-bond acceptors (Lipinski definition) is 3. The molecule has 0 unspecified atom stereocenters. The lowest BCUT2D eigenvalue weighted by Crippen LogP contribution is -2.23. The van der Waals surface area contributed by atoms with Gasteiger partial charge in [0, 0.05) is 22.4 Å². The van der Waals surface area contributed by atoms with Crippen LogP contribution in [0.25, 0.3) is 0 Å². The van der Waals surface area contributed by atoms with Crippen LogP contribution in [-0.2, 0) is 6.18 Å². The molecule has 1 aliphatic carbocycles. The molecule has 2 N–H and O–H groups in total. The Bertz CT molecular complexity index is 794. The van der Waals surface area contributed by atoms with Crippen molar-refractivity contribution in [1.82, 2.24) is 0 Å². The van der Waals surface area contributed by atoms with Gasteiger partial charge in [-0.15, -0.1) is 0 Å². The summed E-state index contributed by atoms with van der Waals surface area (Å²) < 4.78 is 38.4. The number of carbonyl (C=O) groups is 2. The first kappa shape index (κ1) is 13.4. The molecule has 0 bridgehead atoms. The smallest absolute Gasteiger partial charge is 0.398 e. The van der Waals surface area contributed by atoms with Crippen LogP contribution in [0.3, 0.4) is 0 Å². The summed E-state index contributed by atoms with van der Waals surface area (Å²) in [5.41, 5.74) is 3.98. The van der Waals surface area contributed by atoms with Crippen LogP contribution in [0.5, 0.6) is 0 Å². The highest BCUT2D eigenvalue weighted by Crippen LogP contribution is 2.37. The van der Waals surface area contributed by atoms with Gasteiger partial charge >= 0.3 is 6.18 Å². The van der Waals surface area contributed by atoms with Crippen molar-refractivity contribution in [3.8, 4) is 0 Å². The third kappa shape index (κ3) is 1.91. The third-order valence-electron chi connectivity index (χ3n) is 3.38. The summed E-state index contributed by atoms with van der Waals surface area (Å²) in [4.78, 5) is 24.6. The molecule has 0 heterocycles. The summed E-state index contributed by atoms with van der Waals surface area (Å²) >= 11 is 0. The topological polar surface area (TPSA) is 60.2 Å². The lowest BCUT2D eigenvalue weighted by Gasteiger charge is -2.20. The van der Waals surface area contributed by atoms with Gasteiger partial charge in [0.1, 0.15) is 0 Å². The van der Waals surface area contributed by atoms with E-state index < -0.39 is 23.3 Å². The third-order valence-corrected chi connectivity index (χ3v) is 3.38. The van der Waals surface area contributed by atoms with Gasteiger partial charge in [-0.05, 0) is 12.1 Å². The number of halogens is 3. The van der Waals surface area contributed by atoms with Gasteiger partial charge in [-0.3, -0.25) is 9.59 Å². The summed E-state index contributed by atoms with van der Waals surface area (Å²) in [6.07, 6.45) is -4.64. The molecule has 0 radical (unpaired) electrons. The Morgan fingerprint density at radius 3 is 2.00 bits per heavy atom. The van der Waals surface area contributed by atoms with Crippen molar-refractivity contribution in [3.05, 3.63) is 64.2 Å². The Morgan fingerprint density at radius 1 is 0.857 bits per heavy atom. The Balaban J connectivity index is 2.31. The fourth-order valence-corrected chi connectivity index (χ4v) is 2.42. The molecule has 106 valence electrons. The predicted molar refractivity (Wildman–Crippen MR) is 69.2 cm³/mol. The lowest BCUT2D eigenvalue weighted by atomic mass is 9.82. The Morgan fingerprint density at radius 2 is 1.43 bits per heavy atom. The number of anilines is 1. The van der Waals surface area contributed by atoms with E-state index in [4.69, 9.17) is 5.73 Å². The molecule has 0 saturated heterocycles. The van der Waals surface area contributed by atoms with Crippen molar-refractivity contribution >= 4 is 17.3 Å². The van der Waals surface area contributed by atoms with Crippen molar-refractivity contribution in [1.29, 1.82) is 0 Å². The van der Waals surface area contributed by atoms with E-state index in [1.165, 1.54) is 12.1 Å². The van der Waals surface area contributed by atoms with Gasteiger partial charge in [0.25, 0.3) is 0 Å². The van der Waals surface area contributed by atoms with Crippen LogP contribution in [0.1, 0.15) is 37.4 Å². The maximum atomic E-state index is 12.8. The van der Waals surface area contributed by atoms with Crippen LogP contribution in [0.2, 0.25) is 0 Å². The fraction of sp³-hybridized carbons (Fsp3) is 0.0667. The molecule has 2 aromatic carbocycles. The minimum absolute atomic E-state index is 0.0914. The second-order valence-electron chi connectivity index (χ2n) is 4.69. The number of rotatable bonds is 0. The van der Waals surface area contributed by atoms with E-state index in [-0.39, 0.29) is 27.9 Å². The maximum absolute atomic E-state index is 12.8. The van der Waals surface area contributed by atoms with Gasteiger partial charge in [-0.1, -0.05) is 24.3 Å². The standard InChI is InChI=1S/C15H8F3NO2/c16-15(17,18)7-5-10-12(11(19)6-7)14(21)9-4-2-1-3-8(9)13(10)20/h1-6H,19H2. The molecule has 21 heavy (non-hydrogen) atoms. The molecule has 0 fully saturated rings. The molecule has 0 atom stereocenters. The number of carbonyl (C=O) groups excluding carboxylic acids is 2. The van der Waals surface area contributed by atoms with E-state index >= 15 is 0 Å². The van der Waals surface area contributed by atoms with E-state index in [0.717, 1.165) is 0 Å². The van der Waals surface area contributed by atoms with Crippen molar-refractivity contribution in [3.63, 3.8) is 0 Å². The minimum Gasteiger partial charge on any atom is -0.398 e. The van der Waals surface area contributed by atoms with Gasteiger partial charge in [0.2, 0.25) is 0 Å². The van der Waals surface area contributed by atoms with Gasteiger partial charge in [0.05, 0.1) is 11.1 Å². The summed E-state index contributed by atoms with van der Waals surface area (Å²) in [5.74, 6) is -1.16. The highest BCUT2D eigenvalue weighted by molar-refractivity contribution is 6.30. The number of alkyl halides is 3. The molecule has 0 saturated carbocycles. The number of ketones is 2. The second kappa shape index (κ2) is 4.18. The van der Waals surface area contributed by atoms with E-state index in [1.807, 2.05) is 0 Å². The number of hydrogen-bond donors (Lipinski definition) is 1. The molecular formula is C15H8F3NO2. The summed E-state index contributed by atoms with van der Waals surface area (Å²) in [6.45, 7) is 0. The monoisotopic (exact) mass is 291 g/mol. The number of fused-ring (bicyclic) bond motifs is 2. The zero-order chi connectivity index (χ0) is 15.4. The molecule has 0 aromatic heterocycles. The van der Waals surface area contributed by atoms with Gasteiger partial charge < -0.3 is 5.73 Å². The van der Waals surface area contributed by atoms with E-state index in [1.54, 1.807) is 12.1 Å². The Labute approximate surface area is 117 Å². The zero-order valence-corrected chi connectivity index (χ0v) is 10.5. The molecule has 3 rings (SSSR count).